The van der Waals surface area contributed by atoms with E-state index in [0.717, 1.165) is 5.56 Å². The molecule has 0 aliphatic carbocycles. The maximum atomic E-state index is 12.7. The predicted octanol–water partition coefficient (Wildman–Crippen LogP) is 3.68. The van der Waals surface area contributed by atoms with Gasteiger partial charge in [0.05, 0.1) is 24.9 Å². The van der Waals surface area contributed by atoms with Crippen LogP contribution in [0.3, 0.4) is 0 Å². The Balaban J connectivity index is 1.77. The lowest BCUT2D eigenvalue weighted by Gasteiger charge is -2.09. The molecule has 154 valence electrons. The van der Waals surface area contributed by atoms with Crippen molar-refractivity contribution in [3.63, 3.8) is 0 Å². The molecule has 1 amide bonds. The van der Waals surface area contributed by atoms with Gasteiger partial charge in [0, 0.05) is 16.8 Å². The number of nitrogens with zero attached hydrogens (tertiary/aromatic N) is 2. The SMILES string of the molecule is COc1ccc(/C=N\NC(=O)c2cccn(Cc3ccccc3Cl)c2=O)c(Cl)c1O. The van der Waals surface area contributed by atoms with Crippen LogP contribution in [0.1, 0.15) is 21.5 Å². The van der Waals surface area contributed by atoms with Crippen molar-refractivity contribution in [2.45, 2.75) is 6.54 Å². The van der Waals surface area contributed by atoms with Crippen molar-refractivity contribution in [1.29, 1.82) is 0 Å². The molecule has 2 N–H and O–H groups in total. The average Bonchev–Trinajstić information content (AvgIpc) is 2.74. The van der Waals surface area contributed by atoms with Gasteiger partial charge in [0.25, 0.3) is 11.5 Å². The van der Waals surface area contributed by atoms with Gasteiger partial charge in [-0.2, -0.15) is 5.10 Å². The summed E-state index contributed by atoms with van der Waals surface area (Å²) in [5.74, 6) is -0.705. The molecule has 0 atom stereocenters. The first-order valence-corrected chi connectivity index (χ1v) is 9.49. The Kier molecular flexibility index (Phi) is 6.76. The molecule has 0 unspecified atom stereocenters. The van der Waals surface area contributed by atoms with Crippen LogP contribution in [-0.4, -0.2) is 28.9 Å². The van der Waals surface area contributed by atoms with Crippen LogP contribution < -0.4 is 15.7 Å². The van der Waals surface area contributed by atoms with E-state index in [1.165, 1.54) is 30.0 Å². The normalized spacial score (nSPS) is 10.9. The molecule has 0 aliphatic rings. The highest BCUT2D eigenvalue weighted by Gasteiger charge is 2.13. The topological polar surface area (TPSA) is 92.9 Å². The number of aromatic hydroxyl groups is 1. The first-order chi connectivity index (χ1) is 14.4. The molecular formula is C21H17Cl2N3O4. The Morgan fingerprint density at radius 3 is 2.70 bits per heavy atom. The second kappa shape index (κ2) is 9.47. The van der Waals surface area contributed by atoms with Crippen LogP contribution in [0.25, 0.3) is 0 Å². The van der Waals surface area contributed by atoms with Gasteiger partial charge in [0.2, 0.25) is 0 Å². The number of amides is 1. The standard InChI is InChI=1S/C21H17Cl2N3O4/c1-30-17-9-8-13(18(23)19(17)27)11-24-25-20(28)15-6-4-10-26(21(15)29)12-14-5-2-3-7-16(14)22/h2-11,27H,12H2,1H3,(H,25,28)/b24-11-. The number of methoxy groups -OCH3 is 1. The summed E-state index contributed by atoms with van der Waals surface area (Å²) in [6.07, 6.45) is 2.83. The van der Waals surface area contributed by atoms with Gasteiger partial charge in [-0.05, 0) is 35.9 Å². The third-order valence-corrected chi connectivity index (χ3v) is 5.03. The summed E-state index contributed by atoms with van der Waals surface area (Å²) in [5, 5.41) is 14.3. The van der Waals surface area contributed by atoms with Gasteiger partial charge in [-0.15, -0.1) is 0 Å². The Labute approximate surface area is 182 Å². The summed E-state index contributed by atoms with van der Waals surface area (Å²) in [6, 6.07) is 13.2. The number of hydrogen-bond acceptors (Lipinski definition) is 5. The number of halogens is 2. The van der Waals surface area contributed by atoms with Crippen molar-refractivity contribution in [1.82, 2.24) is 9.99 Å². The maximum Gasteiger partial charge on any atom is 0.276 e. The maximum absolute atomic E-state index is 12.7. The molecule has 2 aromatic carbocycles. The molecule has 0 aliphatic heterocycles. The second-order valence-electron chi connectivity index (χ2n) is 6.17. The summed E-state index contributed by atoms with van der Waals surface area (Å²) < 4.78 is 6.35. The molecule has 0 radical (unpaired) electrons. The first-order valence-electron chi connectivity index (χ1n) is 8.74. The molecule has 1 heterocycles. The van der Waals surface area contributed by atoms with Crippen LogP contribution in [0.4, 0.5) is 0 Å². The lowest BCUT2D eigenvalue weighted by atomic mass is 10.2. The highest BCUT2D eigenvalue weighted by atomic mass is 35.5. The minimum Gasteiger partial charge on any atom is -0.503 e. The first kappa shape index (κ1) is 21.4. The molecular weight excluding hydrogens is 429 g/mol. The van der Waals surface area contributed by atoms with E-state index >= 15 is 0 Å². The number of carbonyl (C=O) groups excluding carboxylic acids is 1. The molecule has 30 heavy (non-hydrogen) atoms. The van der Waals surface area contributed by atoms with Gasteiger partial charge in [0.15, 0.2) is 11.5 Å². The molecule has 0 saturated heterocycles. The van der Waals surface area contributed by atoms with E-state index in [9.17, 15) is 14.7 Å². The van der Waals surface area contributed by atoms with Gasteiger partial charge >= 0.3 is 0 Å². The zero-order valence-corrected chi connectivity index (χ0v) is 17.3. The smallest absolute Gasteiger partial charge is 0.276 e. The Morgan fingerprint density at radius 1 is 1.20 bits per heavy atom. The van der Waals surface area contributed by atoms with E-state index in [1.54, 1.807) is 36.5 Å². The lowest BCUT2D eigenvalue weighted by molar-refractivity contribution is 0.0953. The van der Waals surface area contributed by atoms with E-state index in [2.05, 4.69) is 10.5 Å². The molecule has 3 aromatic rings. The van der Waals surface area contributed by atoms with Crippen LogP contribution >= 0.6 is 23.2 Å². The zero-order valence-electron chi connectivity index (χ0n) is 15.8. The number of ether oxygens (including phenoxy) is 1. The quantitative estimate of drug-likeness (QED) is 0.446. The van der Waals surface area contributed by atoms with Gasteiger partial charge < -0.3 is 14.4 Å². The van der Waals surface area contributed by atoms with Gasteiger partial charge in [-0.1, -0.05) is 41.4 Å². The fourth-order valence-electron chi connectivity index (χ4n) is 2.69. The fraction of sp³-hybridized carbons (Fsp3) is 0.0952. The van der Waals surface area contributed by atoms with Gasteiger partial charge in [0.1, 0.15) is 5.56 Å². The predicted molar refractivity (Wildman–Crippen MR) is 116 cm³/mol. The number of phenolic OH excluding ortho intramolecular Hbond substituents is 1. The molecule has 0 spiro atoms. The van der Waals surface area contributed by atoms with E-state index < -0.39 is 11.5 Å². The minimum absolute atomic E-state index is 0.0224. The number of hydrazone groups is 1. The Bertz CT molecular complexity index is 1180. The molecule has 1 aromatic heterocycles. The number of rotatable bonds is 6. The van der Waals surface area contributed by atoms with Crippen LogP contribution in [0.2, 0.25) is 10.0 Å². The monoisotopic (exact) mass is 445 g/mol. The van der Waals surface area contributed by atoms with Crippen molar-refractivity contribution in [3.8, 4) is 11.5 Å². The Morgan fingerprint density at radius 2 is 1.97 bits per heavy atom. The number of hydrogen-bond donors (Lipinski definition) is 2. The number of phenols is 1. The second-order valence-corrected chi connectivity index (χ2v) is 6.95. The summed E-state index contributed by atoms with van der Waals surface area (Å²) in [5.41, 5.74) is 2.84. The van der Waals surface area contributed by atoms with Crippen LogP contribution in [0, 0.1) is 0 Å². The number of carbonyl (C=O) groups is 1. The third-order valence-electron chi connectivity index (χ3n) is 4.26. The summed E-state index contributed by atoms with van der Waals surface area (Å²) in [6.45, 7) is 0.226. The number of pyridine rings is 1. The van der Waals surface area contributed by atoms with Crippen molar-refractivity contribution in [2.75, 3.05) is 7.11 Å². The van der Waals surface area contributed by atoms with Crippen molar-refractivity contribution in [3.05, 3.63) is 91.8 Å². The van der Waals surface area contributed by atoms with Gasteiger partial charge in [-0.25, -0.2) is 5.43 Å². The highest BCUT2D eigenvalue weighted by Crippen LogP contribution is 2.35. The molecule has 0 saturated carbocycles. The fourth-order valence-corrected chi connectivity index (χ4v) is 3.09. The zero-order chi connectivity index (χ0) is 21.7. The average molecular weight is 446 g/mol. The molecule has 0 fully saturated rings. The molecule has 7 nitrogen and oxygen atoms in total. The van der Waals surface area contributed by atoms with E-state index in [-0.39, 0.29) is 28.6 Å². The Hall–Kier alpha value is -3.29. The van der Waals surface area contributed by atoms with Crippen LogP contribution in [0.15, 0.2) is 64.6 Å². The number of benzene rings is 2. The van der Waals surface area contributed by atoms with E-state index in [0.29, 0.717) is 10.6 Å². The van der Waals surface area contributed by atoms with E-state index in [1.807, 2.05) is 6.07 Å². The number of nitrogens with one attached hydrogen (secondary N) is 1. The highest BCUT2D eigenvalue weighted by molar-refractivity contribution is 6.34. The van der Waals surface area contributed by atoms with Crippen molar-refractivity contribution >= 4 is 35.3 Å². The molecule has 0 bridgehead atoms. The molecule has 9 heteroatoms. The summed E-state index contributed by atoms with van der Waals surface area (Å²) >= 11 is 12.2. The lowest BCUT2D eigenvalue weighted by Crippen LogP contribution is -2.31. The van der Waals surface area contributed by atoms with Crippen molar-refractivity contribution < 1.29 is 14.6 Å². The molecule has 3 rings (SSSR count). The minimum atomic E-state index is -0.682. The summed E-state index contributed by atoms with van der Waals surface area (Å²) in [4.78, 5) is 25.1. The van der Waals surface area contributed by atoms with Crippen LogP contribution in [0.5, 0.6) is 11.5 Å². The third kappa shape index (κ3) is 4.64. The van der Waals surface area contributed by atoms with E-state index in [4.69, 9.17) is 27.9 Å². The summed E-state index contributed by atoms with van der Waals surface area (Å²) in [7, 11) is 1.40. The van der Waals surface area contributed by atoms with Crippen LogP contribution in [-0.2, 0) is 6.54 Å². The largest absolute Gasteiger partial charge is 0.503 e. The number of aromatic nitrogens is 1. The van der Waals surface area contributed by atoms with Crippen molar-refractivity contribution in [2.24, 2.45) is 5.10 Å². The van der Waals surface area contributed by atoms with Gasteiger partial charge in [-0.3, -0.25) is 9.59 Å².